The summed E-state index contributed by atoms with van der Waals surface area (Å²) in [6, 6.07) is 0.0593. The summed E-state index contributed by atoms with van der Waals surface area (Å²) in [5, 5.41) is 11.7. The van der Waals surface area contributed by atoms with Gasteiger partial charge in [-0.05, 0) is 44.4 Å². The maximum Gasteiger partial charge on any atom is 0.323 e. The Bertz CT molecular complexity index is 299. The van der Waals surface area contributed by atoms with Gasteiger partial charge < -0.3 is 15.3 Å². The van der Waals surface area contributed by atoms with Crippen molar-refractivity contribution in [1.29, 1.82) is 0 Å². The number of amides is 2. The van der Waals surface area contributed by atoms with Gasteiger partial charge in [0.1, 0.15) is 6.54 Å². The molecular formula is C12H20N2O3. The van der Waals surface area contributed by atoms with Crippen LogP contribution < -0.4 is 5.32 Å². The molecule has 2 rings (SSSR count). The van der Waals surface area contributed by atoms with Gasteiger partial charge in [-0.3, -0.25) is 4.79 Å². The van der Waals surface area contributed by atoms with E-state index in [-0.39, 0.29) is 18.6 Å². The molecular weight excluding hydrogens is 220 g/mol. The lowest BCUT2D eigenvalue weighted by atomic mass is 10.1. The maximum atomic E-state index is 11.9. The fraction of sp³-hybridized carbons (Fsp3) is 0.833. The minimum atomic E-state index is -0.962. The highest BCUT2D eigenvalue weighted by molar-refractivity contribution is 5.80. The van der Waals surface area contributed by atoms with Crippen molar-refractivity contribution in [1.82, 2.24) is 10.2 Å². The number of nitrogens with zero attached hydrogens (tertiary/aromatic N) is 1. The zero-order valence-electron chi connectivity index (χ0n) is 10.2. The Labute approximate surface area is 101 Å². The molecule has 2 aliphatic carbocycles. The molecule has 0 heterocycles. The third kappa shape index (κ3) is 3.35. The van der Waals surface area contributed by atoms with Crippen LogP contribution in [0.5, 0.6) is 0 Å². The van der Waals surface area contributed by atoms with Crippen LogP contribution in [0.1, 0.15) is 32.6 Å². The Morgan fingerprint density at radius 1 is 1.29 bits per heavy atom. The SMILES string of the molecule is CCN(CC(=O)O)C(=O)NC(C1CC1)C1CC1. The molecule has 0 atom stereocenters. The molecule has 0 aromatic heterocycles. The van der Waals surface area contributed by atoms with E-state index in [0.29, 0.717) is 18.4 Å². The van der Waals surface area contributed by atoms with Crippen LogP contribution in [0.15, 0.2) is 0 Å². The van der Waals surface area contributed by atoms with E-state index in [1.165, 1.54) is 30.6 Å². The van der Waals surface area contributed by atoms with Gasteiger partial charge in [0, 0.05) is 12.6 Å². The van der Waals surface area contributed by atoms with Crippen LogP contribution >= 0.6 is 0 Å². The molecule has 0 aliphatic heterocycles. The lowest BCUT2D eigenvalue weighted by molar-refractivity contribution is -0.137. The Kier molecular flexibility index (Phi) is 3.54. The first-order valence-corrected chi connectivity index (χ1v) is 6.39. The average Bonchev–Trinajstić information content (AvgIpc) is 3.15. The molecule has 2 amide bonds. The van der Waals surface area contributed by atoms with Gasteiger partial charge in [0.2, 0.25) is 0 Å². The summed E-state index contributed by atoms with van der Waals surface area (Å²) in [7, 11) is 0. The number of carboxylic acids is 1. The van der Waals surface area contributed by atoms with Crippen molar-refractivity contribution in [3.63, 3.8) is 0 Å². The van der Waals surface area contributed by atoms with Crippen LogP contribution in [-0.4, -0.2) is 41.1 Å². The highest BCUT2D eigenvalue weighted by atomic mass is 16.4. The van der Waals surface area contributed by atoms with Crippen molar-refractivity contribution in [3.05, 3.63) is 0 Å². The molecule has 17 heavy (non-hydrogen) atoms. The summed E-state index contributed by atoms with van der Waals surface area (Å²) in [5.74, 6) is 0.307. The molecule has 2 aliphatic rings. The number of aliphatic carboxylic acids is 1. The van der Waals surface area contributed by atoms with Crippen LogP contribution in [0, 0.1) is 11.8 Å². The smallest absolute Gasteiger partial charge is 0.323 e. The number of carbonyl (C=O) groups is 2. The standard InChI is InChI=1S/C12H20N2O3/c1-2-14(7-10(15)16)12(17)13-11(8-3-4-8)9-5-6-9/h8-9,11H,2-7H2,1H3,(H,13,17)(H,15,16). The van der Waals surface area contributed by atoms with E-state index in [1.54, 1.807) is 6.92 Å². The number of urea groups is 1. The number of carbonyl (C=O) groups excluding carboxylic acids is 1. The average molecular weight is 240 g/mol. The largest absolute Gasteiger partial charge is 0.480 e. The van der Waals surface area contributed by atoms with Crippen molar-refractivity contribution < 1.29 is 14.7 Å². The van der Waals surface area contributed by atoms with Crippen molar-refractivity contribution in [2.45, 2.75) is 38.6 Å². The van der Waals surface area contributed by atoms with Gasteiger partial charge in [-0.1, -0.05) is 0 Å². The van der Waals surface area contributed by atoms with Gasteiger partial charge in [0.15, 0.2) is 0 Å². The molecule has 0 unspecified atom stereocenters. The summed E-state index contributed by atoms with van der Waals surface area (Å²) in [6.07, 6.45) is 4.80. The second-order valence-electron chi connectivity index (χ2n) is 5.06. The van der Waals surface area contributed by atoms with Crippen LogP contribution in [0.2, 0.25) is 0 Å². The van der Waals surface area contributed by atoms with E-state index in [1.807, 2.05) is 0 Å². The molecule has 0 aromatic carbocycles. The lowest BCUT2D eigenvalue weighted by Gasteiger charge is -2.24. The number of likely N-dealkylation sites (N-methyl/N-ethyl adjacent to an activating group) is 1. The van der Waals surface area contributed by atoms with Crippen molar-refractivity contribution in [3.8, 4) is 0 Å². The molecule has 0 saturated heterocycles. The van der Waals surface area contributed by atoms with Crippen molar-refractivity contribution in [2.24, 2.45) is 11.8 Å². The Morgan fingerprint density at radius 3 is 2.18 bits per heavy atom. The monoisotopic (exact) mass is 240 g/mol. The van der Waals surface area contributed by atoms with Gasteiger partial charge in [0.25, 0.3) is 0 Å². The number of nitrogens with one attached hydrogen (secondary N) is 1. The number of carboxylic acid groups (broad SMARTS) is 1. The van der Waals surface area contributed by atoms with Crippen LogP contribution in [-0.2, 0) is 4.79 Å². The molecule has 96 valence electrons. The molecule has 0 bridgehead atoms. The molecule has 2 fully saturated rings. The topological polar surface area (TPSA) is 69.6 Å². The normalized spacial score (nSPS) is 19.2. The summed E-state index contributed by atoms with van der Waals surface area (Å²) < 4.78 is 0. The van der Waals surface area contributed by atoms with E-state index >= 15 is 0 Å². The Balaban J connectivity index is 1.86. The fourth-order valence-electron chi connectivity index (χ4n) is 2.26. The summed E-state index contributed by atoms with van der Waals surface area (Å²) in [6.45, 7) is 2.01. The predicted molar refractivity (Wildman–Crippen MR) is 62.7 cm³/mol. The van der Waals surface area contributed by atoms with Gasteiger partial charge >= 0.3 is 12.0 Å². The zero-order chi connectivity index (χ0) is 12.4. The van der Waals surface area contributed by atoms with E-state index in [4.69, 9.17) is 5.11 Å². The molecule has 0 spiro atoms. The van der Waals surface area contributed by atoms with Gasteiger partial charge in [-0.15, -0.1) is 0 Å². The minimum absolute atomic E-state index is 0.218. The first kappa shape index (κ1) is 12.2. The summed E-state index contributed by atoms with van der Waals surface area (Å²) >= 11 is 0. The molecule has 5 nitrogen and oxygen atoms in total. The van der Waals surface area contributed by atoms with E-state index in [2.05, 4.69) is 5.32 Å². The second kappa shape index (κ2) is 4.94. The number of hydrogen-bond acceptors (Lipinski definition) is 2. The van der Waals surface area contributed by atoms with E-state index in [0.717, 1.165) is 0 Å². The molecule has 0 aromatic rings. The summed E-state index contributed by atoms with van der Waals surface area (Å²) in [4.78, 5) is 23.9. The Morgan fingerprint density at radius 2 is 1.82 bits per heavy atom. The van der Waals surface area contributed by atoms with Crippen LogP contribution in [0.25, 0.3) is 0 Å². The summed E-state index contributed by atoms with van der Waals surface area (Å²) in [5.41, 5.74) is 0. The van der Waals surface area contributed by atoms with Gasteiger partial charge in [-0.25, -0.2) is 4.79 Å². The predicted octanol–water partition coefficient (Wildman–Crippen LogP) is 1.29. The number of rotatable bonds is 6. The quantitative estimate of drug-likeness (QED) is 0.735. The maximum absolute atomic E-state index is 11.9. The van der Waals surface area contributed by atoms with E-state index < -0.39 is 5.97 Å². The molecule has 5 heteroatoms. The first-order valence-electron chi connectivity index (χ1n) is 6.39. The Hall–Kier alpha value is -1.26. The second-order valence-corrected chi connectivity index (χ2v) is 5.06. The molecule has 2 N–H and O–H groups in total. The van der Waals surface area contributed by atoms with Gasteiger partial charge in [-0.2, -0.15) is 0 Å². The van der Waals surface area contributed by atoms with Crippen LogP contribution in [0.3, 0.4) is 0 Å². The highest BCUT2D eigenvalue weighted by Crippen LogP contribution is 2.44. The van der Waals surface area contributed by atoms with Crippen molar-refractivity contribution in [2.75, 3.05) is 13.1 Å². The highest BCUT2D eigenvalue weighted by Gasteiger charge is 2.42. The fourth-order valence-corrected chi connectivity index (χ4v) is 2.26. The first-order chi connectivity index (χ1) is 8.11. The van der Waals surface area contributed by atoms with Gasteiger partial charge in [0.05, 0.1) is 0 Å². The zero-order valence-corrected chi connectivity index (χ0v) is 10.2. The lowest BCUT2D eigenvalue weighted by Crippen LogP contribution is -2.48. The van der Waals surface area contributed by atoms with Crippen LogP contribution in [0.4, 0.5) is 4.79 Å². The third-order valence-corrected chi connectivity index (χ3v) is 3.54. The molecule has 2 saturated carbocycles. The molecule has 0 radical (unpaired) electrons. The third-order valence-electron chi connectivity index (χ3n) is 3.54. The van der Waals surface area contributed by atoms with Crippen molar-refractivity contribution >= 4 is 12.0 Å². The minimum Gasteiger partial charge on any atom is -0.480 e. The van der Waals surface area contributed by atoms with E-state index in [9.17, 15) is 9.59 Å². The number of hydrogen-bond donors (Lipinski definition) is 2.